The summed E-state index contributed by atoms with van der Waals surface area (Å²) in [6, 6.07) is 7.78. The fourth-order valence-electron chi connectivity index (χ4n) is 1.79. The summed E-state index contributed by atoms with van der Waals surface area (Å²) >= 11 is -2.03. The number of rotatable bonds is 4. The quantitative estimate of drug-likeness (QED) is 0.738. The minimum absolute atomic E-state index is 0.360. The lowest BCUT2D eigenvalue weighted by atomic mass is 9.94. The van der Waals surface area contributed by atoms with Crippen LogP contribution in [0.1, 0.15) is 49.5 Å². The first kappa shape index (κ1) is 12.4. The topological polar surface area (TPSA) is 40.1 Å². The molecule has 0 N–H and O–H groups in total. The van der Waals surface area contributed by atoms with Crippen LogP contribution in [0.4, 0.5) is 0 Å². The Balaban J connectivity index is 3.16. The summed E-state index contributed by atoms with van der Waals surface area (Å²) < 4.78 is 22.2. The molecule has 0 saturated heterocycles. The van der Waals surface area contributed by atoms with Gasteiger partial charge in [0, 0.05) is 5.25 Å². The van der Waals surface area contributed by atoms with E-state index in [0.29, 0.717) is 12.3 Å². The average molecular weight is 225 g/mol. The minimum Gasteiger partial charge on any atom is -0.772 e. The Morgan fingerprint density at radius 3 is 2.20 bits per heavy atom. The van der Waals surface area contributed by atoms with Crippen molar-refractivity contribution in [2.24, 2.45) is 0 Å². The molecule has 0 aromatic heterocycles. The summed E-state index contributed by atoms with van der Waals surface area (Å²) in [6.07, 6.45) is 0.625. The molecule has 0 aliphatic rings. The summed E-state index contributed by atoms with van der Waals surface area (Å²) in [4.78, 5) is 0. The molecule has 84 valence electrons. The molecule has 2 unspecified atom stereocenters. The first-order valence-electron chi connectivity index (χ1n) is 5.24. The molecular formula is C12H17O2S-. The van der Waals surface area contributed by atoms with Gasteiger partial charge in [-0.15, -0.1) is 0 Å². The molecule has 3 heteroatoms. The van der Waals surface area contributed by atoms with E-state index in [-0.39, 0.29) is 5.25 Å². The van der Waals surface area contributed by atoms with Crippen LogP contribution >= 0.6 is 0 Å². The van der Waals surface area contributed by atoms with Gasteiger partial charge in [-0.25, -0.2) is 0 Å². The van der Waals surface area contributed by atoms with Crippen molar-refractivity contribution in [2.75, 3.05) is 0 Å². The summed E-state index contributed by atoms with van der Waals surface area (Å²) in [7, 11) is 0. The fourth-order valence-corrected chi connectivity index (χ4v) is 2.48. The van der Waals surface area contributed by atoms with Crippen LogP contribution in [0.25, 0.3) is 0 Å². The van der Waals surface area contributed by atoms with Crippen LogP contribution in [-0.4, -0.2) is 8.76 Å². The zero-order valence-corrected chi connectivity index (χ0v) is 10.2. The third-order valence-corrected chi connectivity index (χ3v) is 3.62. The highest BCUT2D eigenvalue weighted by Crippen LogP contribution is 2.29. The standard InChI is InChI=1S/C12H18O2S/c1-4-12(15(13)14)11-8-6-5-7-10(11)9(2)3/h5-9,12H,4H2,1-3H3,(H,13,14)/p-1. The van der Waals surface area contributed by atoms with Gasteiger partial charge >= 0.3 is 0 Å². The highest BCUT2D eigenvalue weighted by molar-refractivity contribution is 7.79. The van der Waals surface area contributed by atoms with Crippen molar-refractivity contribution in [2.45, 2.75) is 38.4 Å². The molecular weight excluding hydrogens is 208 g/mol. The summed E-state index contributed by atoms with van der Waals surface area (Å²) in [5, 5.41) is -0.372. The van der Waals surface area contributed by atoms with E-state index >= 15 is 0 Å². The highest BCUT2D eigenvalue weighted by atomic mass is 32.2. The van der Waals surface area contributed by atoms with Crippen LogP contribution in [0, 0.1) is 0 Å². The molecule has 0 fully saturated rings. The van der Waals surface area contributed by atoms with E-state index in [9.17, 15) is 8.76 Å². The van der Waals surface area contributed by atoms with E-state index in [1.54, 1.807) is 0 Å². The van der Waals surface area contributed by atoms with Gasteiger partial charge in [0.2, 0.25) is 0 Å². The van der Waals surface area contributed by atoms with E-state index in [2.05, 4.69) is 13.8 Å². The van der Waals surface area contributed by atoms with Crippen LogP contribution in [0.5, 0.6) is 0 Å². The number of benzene rings is 1. The molecule has 0 spiro atoms. The Labute approximate surface area is 94.0 Å². The first-order chi connectivity index (χ1) is 7.07. The zero-order valence-electron chi connectivity index (χ0n) is 9.40. The van der Waals surface area contributed by atoms with E-state index < -0.39 is 11.1 Å². The van der Waals surface area contributed by atoms with Gasteiger partial charge in [0.05, 0.1) is 0 Å². The Hall–Kier alpha value is -0.670. The van der Waals surface area contributed by atoms with Crippen LogP contribution < -0.4 is 0 Å². The molecule has 1 aromatic rings. The van der Waals surface area contributed by atoms with Crippen molar-refractivity contribution in [1.82, 2.24) is 0 Å². The van der Waals surface area contributed by atoms with E-state index in [1.165, 1.54) is 0 Å². The lowest BCUT2D eigenvalue weighted by Crippen LogP contribution is -2.08. The maximum absolute atomic E-state index is 11.1. The van der Waals surface area contributed by atoms with E-state index in [4.69, 9.17) is 0 Å². The smallest absolute Gasteiger partial charge is 0.0465 e. The molecule has 2 nitrogen and oxygen atoms in total. The van der Waals surface area contributed by atoms with Gasteiger partial charge in [0.25, 0.3) is 0 Å². The van der Waals surface area contributed by atoms with Crippen molar-refractivity contribution in [1.29, 1.82) is 0 Å². The Morgan fingerprint density at radius 1 is 1.27 bits per heavy atom. The van der Waals surface area contributed by atoms with Crippen molar-refractivity contribution >= 4 is 11.1 Å². The summed E-state index contributed by atoms with van der Waals surface area (Å²) in [5.74, 6) is 0.360. The van der Waals surface area contributed by atoms with E-state index in [0.717, 1.165) is 11.1 Å². The lowest BCUT2D eigenvalue weighted by Gasteiger charge is -2.22. The average Bonchev–Trinajstić information content (AvgIpc) is 2.18. The SMILES string of the molecule is CCC(c1ccccc1C(C)C)S(=O)[O-]. The van der Waals surface area contributed by atoms with Gasteiger partial charge in [0.15, 0.2) is 0 Å². The molecule has 0 saturated carbocycles. The second-order valence-corrected chi connectivity index (χ2v) is 5.03. The van der Waals surface area contributed by atoms with Gasteiger partial charge < -0.3 is 4.55 Å². The second kappa shape index (κ2) is 5.42. The van der Waals surface area contributed by atoms with Crippen molar-refractivity contribution in [3.8, 4) is 0 Å². The molecule has 0 heterocycles. The maximum Gasteiger partial charge on any atom is 0.0465 e. The molecule has 0 amide bonds. The lowest BCUT2D eigenvalue weighted by molar-refractivity contribution is 0.520. The third kappa shape index (κ3) is 2.89. The van der Waals surface area contributed by atoms with Gasteiger partial charge in [-0.3, -0.25) is 4.21 Å². The molecule has 2 atom stereocenters. The van der Waals surface area contributed by atoms with Crippen LogP contribution in [0.2, 0.25) is 0 Å². The van der Waals surface area contributed by atoms with Crippen molar-refractivity contribution < 1.29 is 8.76 Å². The predicted molar refractivity (Wildman–Crippen MR) is 62.5 cm³/mol. The first-order valence-corrected chi connectivity index (χ1v) is 6.38. The second-order valence-electron chi connectivity index (χ2n) is 3.94. The number of hydrogen-bond acceptors (Lipinski definition) is 2. The monoisotopic (exact) mass is 225 g/mol. The predicted octanol–water partition coefficient (Wildman–Crippen LogP) is 3.14. The van der Waals surface area contributed by atoms with Gasteiger partial charge in [0.1, 0.15) is 0 Å². The van der Waals surface area contributed by atoms with E-state index in [1.807, 2.05) is 31.2 Å². The number of hydrogen-bond donors (Lipinski definition) is 0. The van der Waals surface area contributed by atoms with Gasteiger partial charge in [-0.2, -0.15) is 0 Å². The molecule has 0 aliphatic carbocycles. The molecule has 0 bridgehead atoms. The van der Waals surface area contributed by atoms with Gasteiger partial charge in [-0.1, -0.05) is 45.0 Å². The maximum atomic E-state index is 11.1. The largest absolute Gasteiger partial charge is 0.772 e. The van der Waals surface area contributed by atoms with Crippen molar-refractivity contribution in [3.05, 3.63) is 35.4 Å². The Kier molecular flexibility index (Phi) is 4.48. The summed E-state index contributed by atoms with van der Waals surface area (Å²) in [5.41, 5.74) is 2.08. The fraction of sp³-hybridized carbons (Fsp3) is 0.500. The molecule has 0 radical (unpaired) electrons. The van der Waals surface area contributed by atoms with Crippen LogP contribution in [0.15, 0.2) is 24.3 Å². The van der Waals surface area contributed by atoms with Crippen LogP contribution in [0.3, 0.4) is 0 Å². The summed E-state index contributed by atoms with van der Waals surface area (Å²) in [6.45, 7) is 6.07. The van der Waals surface area contributed by atoms with Gasteiger partial charge in [-0.05, 0) is 34.5 Å². The Bertz CT molecular complexity index is 347. The third-order valence-electron chi connectivity index (χ3n) is 2.57. The highest BCUT2D eigenvalue weighted by Gasteiger charge is 2.15. The normalized spacial score (nSPS) is 15.3. The Morgan fingerprint density at radius 2 is 1.80 bits per heavy atom. The zero-order chi connectivity index (χ0) is 11.4. The molecule has 0 aliphatic heterocycles. The van der Waals surface area contributed by atoms with Crippen LogP contribution in [-0.2, 0) is 11.1 Å². The molecule has 15 heavy (non-hydrogen) atoms. The molecule has 1 rings (SSSR count). The molecule has 1 aromatic carbocycles. The van der Waals surface area contributed by atoms with Crippen molar-refractivity contribution in [3.63, 3.8) is 0 Å². The minimum atomic E-state index is -2.03.